The number of aliphatic carboxylic acids is 1. The van der Waals surface area contributed by atoms with Crippen LogP contribution < -0.4 is 9.47 Å². The number of oxazole rings is 1. The largest absolute Gasteiger partial charge is 0.486 e. The highest BCUT2D eigenvalue weighted by Gasteiger charge is 2.17. The predicted molar refractivity (Wildman–Crippen MR) is 69.0 cm³/mol. The summed E-state index contributed by atoms with van der Waals surface area (Å²) in [5.41, 5.74) is 1.16. The maximum atomic E-state index is 10.7. The summed E-state index contributed by atoms with van der Waals surface area (Å²) < 4.78 is 16.5. The van der Waals surface area contributed by atoms with Gasteiger partial charge < -0.3 is 19.0 Å². The van der Waals surface area contributed by atoms with Gasteiger partial charge in [0.25, 0.3) is 0 Å². The summed E-state index contributed by atoms with van der Waals surface area (Å²) in [5.74, 6) is 1.29. The topological polar surface area (TPSA) is 81.8 Å². The molecule has 0 aliphatic carbocycles. The standard InChI is InChI=1S/C14H13NO5/c1-8-10(7-13(16)17)15-14(20-8)9-2-3-11-12(6-9)19-5-4-18-11/h2-3,6H,4-5,7H2,1H3,(H,16,17). The van der Waals surface area contributed by atoms with Crippen molar-refractivity contribution in [2.24, 2.45) is 0 Å². The summed E-state index contributed by atoms with van der Waals surface area (Å²) in [5, 5.41) is 8.81. The molecule has 20 heavy (non-hydrogen) atoms. The van der Waals surface area contributed by atoms with Crippen molar-refractivity contribution < 1.29 is 23.8 Å². The molecular formula is C14H13NO5. The van der Waals surface area contributed by atoms with Crippen LogP contribution >= 0.6 is 0 Å². The monoisotopic (exact) mass is 275 g/mol. The van der Waals surface area contributed by atoms with Crippen LogP contribution in [0.5, 0.6) is 11.5 Å². The van der Waals surface area contributed by atoms with Gasteiger partial charge in [0.1, 0.15) is 19.0 Å². The van der Waals surface area contributed by atoms with Crippen molar-refractivity contribution in [1.29, 1.82) is 0 Å². The summed E-state index contributed by atoms with van der Waals surface area (Å²) in [6, 6.07) is 5.38. The SMILES string of the molecule is Cc1oc(-c2ccc3c(c2)OCCO3)nc1CC(=O)O. The number of nitrogens with zero attached hydrogens (tertiary/aromatic N) is 1. The van der Waals surface area contributed by atoms with Crippen LogP contribution in [-0.4, -0.2) is 29.3 Å². The van der Waals surface area contributed by atoms with Gasteiger partial charge in [-0.2, -0.15) is 0 Å². The van der Waals surface area contributed by atoms with E-state index in [2.05, 4.69) is 4.98 Å². The molecule has 0 spiro atoms. The molecule has 2 heterocycles. The Morgan fingerprint density at radius 3 is 2.80 bits per heavy atom. The van der Waals surface area contributed by atoms with Crippen molar-refractivity contribution in [3.63, 3.8) is 0 Å². The van der Waals surface area contributed by atoms with Crippen molar-refractivity contribution in [2.45, 2.75) is 13.3 Å². The number of aromatic nitrogens is 1. The highest BCUT2D eigenvalue weighted by atomic mass is 16.6. The minimum Gasteiger partial charge on any atom is -0.486 e. The smallest absolute Gasteiger partial charge is 0.309 e. The number of carboxylic acids is 1. The quantitative estimate of drug-likeness (QED) is 0.923. The molecule has 1 N–H and O–H groups in total. The first-order chi connectivity index (χ1) is 9.63. The molecule has 3 rings (SSSR count). The average Bonchev–Trinajstić information content (AvgIpc) is 2.79. The molecule has 6 heteroatoms. The van der Waals surface area contributed by atoms with E-state index in [4.69, 9.17) is 19.0 Å². The van der Waals surface area contributed by atoms with Gasteiger partial charge in [-0.3, -0.25) is 4.79 Å². The van der Waals surface area contributed by atoms with E-state index >= 15 is 0 Å². The maximum absolute atomic E-state index is 10.7. The third-order valence-electron chi connectivity index (χ3n) is 3.00. The van der Waals surface area contributed by atoms with E-state index in [9.17, 15) is 4.79 Å². The zero-order valence-electron chi connectivity index (χ0n) is 10.9. The third kappa shape index (κ3) is 2.32. The number of ether oxygens (including phenoxy) is 2. The van der Waals surface area contributed by atoms with Gasteiger partial charge in [0, 0.05) is 5.56 Å². The Kier molecular flexibility index (Phi) is 3.06. The highest BCUT2D eigenvalue weighted by Crippen LogP contribution is 2.34. The number of carboxylic acid groups (broad SMARTS) is 1. The molecule has 0 unspecified atom stereocenters. The molecule has 0 amide bonds. The minimum atomic E-state index is -0.935. The number of rotatable bonds is 3. The maximum Gasteiger partial charge on any atom is 0.309 e. The molecule has 0 bridgehead atoms. The van der Waals surface area contributed by atoms with Crippen molar-refractivity contribution in [3.05, 3.63) is 29.7 Å². The van der Waals surface area contributed by atoms with E-state index in [1.807, 2.05) is 6.07 Å². The number of hydrogen-bond donors (Lipinski definition) is 1. The lowest BCUT2D eigenvalue weighted by Crippen LogP contribution is -2.15. The molecule has 0 atom stereocenters. The molecule has 1 aliphatic rings. The number of carbonyl (C=O) groups is 1. The minimum absolute atomic E-state index is 0.153. The lowest BCUT2D eigenvalue weighted by Gasteiger charge is -2.18. The Labute approximate surface area is 115 Å². The second kappa shape index (κ2) is 4.88. The molecule has 0 fully saturated rings. The lowest BCUT2D eigenvalue weighted by molar-refractivity contribution is -0.136. The van der Waals surface area contributed by atoms with E-state index in [0.717, 1.165) is 5.56 Å². The molecule has 6 nitrogen and oxygen atoms in total. The van der Waals surface area contributed by atoms with Gasteiger partial charge in [0.15, 0.2) is 11.5 Å². The number of benzene rings is 1. The Balaban J connectivity index is 1.94. The number of aryl methyl sites for hydroxylation is 1. The molecule has 0 radical (unpaired) electrons. The van der Waals surface area contributed by atoms with Crippen LogP contribution in [0.25, 0.3) is 11.5 Å². The van der Waals surface area contributed by atoms with Gasteiger partial charge in [-0.25, -0.2) is 4.98 Å². The van der Waals surface area contributed by atoms with Gasteiger partial charge in [0.05, 0.1) is 12.1 Å². The summed E-state index contributed by atoms with van der Waals surface area (Å²) in [7, 11) is 0. The fourth-order valence-electron chi connectivity index (χ4n) is 2.04. The van der Waals surface area contributed by atoms with Crippen LogP contribution in [-0.2, 0) is 11.2 Å². The molecule has 1 aliphatic heterocycles. The van der Waals surface area contributed by atoms with Crippen LogP contribution in [0.1, 0.15) is 11.5 Å². The summed E-state index contributed by atoms with van der Waals surface area (Å²) in [6.07, 6.45) is -0.153. The summed E-state index contributed by atoms with van der Waals surface area (Å²) in [4.78, 5) is 15.0. The first-order valence-corrected chi connectivity index (χ1v) is 6.21. The Bertz CT molecular complexity index is 662. The van der Waals surface area contributed by atoms with Gasteiger partial charge in [-0.15, -0.1) is 0 Å². The second-order valence-corrected chi connectivity index (χ2v) is 4.45. The van der Waals surface area contributed by atoms with Crippen LogP contribution in [0.4, 0.5) is 0 Å². The molecule has 0 saturated heterocycles. The van der Waals surface area contributed by atoms with E-state index in [1.165, 1.54) is 0 Å². The van der Waals surface area contributed by atoms with E-state index in [0.29, 0.717) is 42.1 Å². The molecule has 0 saturated carbocycles. The first-order valence-electron chi connectivity index (χ1n) is 6.21. The number of fused-ring (bicyclic) bond motifs is 1. The molecule has 1 aromatic carbocycles. The lowest BCUT2D eigenvalue weighted by atomic mass is 10.2. The van der Waals surface area contributed by atoms with E-state index in [-0.39, 0.29) is 6.42 Å². The van der Waals surface area contributed by atoms with Crippen molar-refractivity contribution in [1.82, 2.24) is 4.98 Å². The zero-order chi connectivity index (χ0) is 14.1. The van der Waals surface area contributed by atoms with E-state index < -0.39 is 5.97 Å². The van der Waals surface area contributed by atoms with Gasteiger partial charge in [0.2, 0.25) is 5.89 Å². The summed E-state index contributed by atoms with van der Waals surface area (Å²) in [6.45, 7) is 2.74. The van der Waals surface area contributed by atoms with Gasteiger partial charge >= 0.3 is 5.97 Å². The molecule has 1 aromatic heterocycles. The predicted octanol–water partition coefficient (Wildman–Crippen LogP) is 2.05. The van der Waals surface area contributed by atoms with Crippen LogP contribution in [0, 0.1) is 6.92 Å². The van der Waals surface area contributed by atoms with Gasteiger partial charge in [-0.1, -0.05) is 0 Å². The normalized spacial score (nSPS) is 13.2. The van der Waals surface area contributed by atoms with Crippen molar-refractivity contribution in [2.75, 3.05) is 13.2 Å². The highest BCUT2D eigenvalue weighted by molar-refractivity contribution is 5.70. The van der Waals surface area contributed by atoms with Crippen LogP contribution in [0.2, 0.25) is 0 Å². The zero-order valence-corrected chi connectivity index (χ0v) is 10.9. The van der Waals surface area contributed by atoms with Gasteiger partial charge in [-0.05, 0) is 25.1 Å². The number of hydrogen-bond acceptors (Lipinski definition) is 5. The van der Waals surface area contributed by atoms with Crippen LogP contribution in [0.15, 0.2) is 22.6 Å². The summed E-state index contributed by atoms with van der Waals surface area (Å²) >= 11 is 0. The van der Waals surface area contributed by atoms with E-state index in [1.54, 1.807) is 19.1 Å². The first kappa shape index (κ1) is 12.5. The molecule has 2 aromatic rings. The third-order valence-corrected chi connectivity index (χ3v) is 3.00. The Hall–Kier alpha value is -2.50. The fourth-order valence-corrected chi connectivity index (χ4v) is 2.04. The van der Waals surface area contributed by atoms with Crippen molar-refractivity contribution in [3.8, 4) is 23.0 Å². The van der Waals surface area contributed by atoms with Crippen molar-refractivity contribution >= 4 is 5.97 Å². The fraction of sp³-hybridized carbons (Fsp3) is 0.286. The Morgan fingerprint density at radius 2 is 2.05 bits per heavy atom. The second-order valence-electron chi connectivity index (χ2n) is 4.45. The molecular weight excluding hydrogens is 262 g/mol. The Morgan fingerprint density at radius 1 is 1.30 bits per heavy atom. The van der Waals surface area contributed by atoms with Crippen LogP contribution in [0.3, 0.4) is 0 Å². The average molecular weight is 275 g/mol. The molecule has 104 valence electrons.